The summed E-state index contributed by atoms with van der Waals surface area (Å²) >= 11 is 0. The van der Waals surface area contributed by atoms with Crippen LogP contribution in [0.3, 0.4) is 0 Å². The largest absolute Gasteiger partial charge is 0.474 e. The number of halogens is 1. The maximum Gasteiger partial charge on any atom is 0.228 e. The molecule has 0 unspecified atom stereocenters. The van der Waals surface area contributed by atoms with Gasteiger partial charge in [0.1, 0.15) is 11.9 Å². The maximum atomic E-state index is 13.1. The number of piperidine rings is 1. The monoisotopic (exact) mass is 383 g/mol. The topological polar surface area (TPSA) is 62.7 Å². The lowest BCUT2D eigenvalue weighted by molar-refractivity contribution is -0.137. The summed E-state index contributed by atoms with van der Waals surface area (Å²) in [5.74, 6) is -0.194. The summed E-state index contributed by atoms with van der Waals surface area (Å²) in [7, 11) is 0. The Bertz CT molecular complexity index is 836. The summed E-state index contributed by atoms with van der Waals surface area (Å²) in [4.78, 5) is 32.8. The Morgan fingerprint density at radius 2 is 1.86 bits per heavy atom. The molecular formula is C21H22FN3O3. The number of aromatic nitrogens is 1. The average Bonchev–Trinajstić information content (AvgIpc) is 3.11. The quantitative estimate of drug-likeness (QED) is 0.814. The van der Waals surface area contributed by atoms with Crippen LogP contribution in [0.5, 0.6) is 5.88 Å². The molecule has 146 valence electrons. The Morgan fingerprint density at radius 1 is 1.11 bits per heavy atom. The molecule has 0 spiro atoms. The first-order valence-corrected chi connectivity index (χ1v) is 9.52. The first kappa shape index (κ1) is 18.4. The van der Waals surface area contributed by atoms with Crippen molar-refractivity contribution in [1.82, 2.24) is 9.88 Å². The van der Waals surface area contributed by atoms with E-state index in [1.165, 1.54) is 12.1 Å². The van der Waals surface area contributed by atoms with Crippen molar-refractivity contribution in [3.63, 3.8) is 0 Å². The number of likely N-dealkylation sites (tertiary alicyclic amines) is 1. The van der Waals surface area contributed by atoms with Crippen LogP contribution in [0.15, 0.2) is 48.7 Å². The van der Waals surface area contributed by atoms with E-state index in [0.29, 0.717) is 31.2 Å². The first-order valence-electron chi connectivity index (χ1n) is 9.52. The van der Waals surface area contributed by atoms with Gasteiger partial charge in [0.15, 0.2) is 0 Å². The van der Waals surface area contributed by atoms with Crippen molar-refractivity contribution in [2.45, 2.75) is 25.4 Å². The molecule has 1 aromatic carbocycles. The molecule has 0 N–H and O–H groups in total. The zero-order valence-corrected chi connectivity index (χ0v) is 15.5. The zero-order chi connectivity index (χ0) is 19.5. The molecule has 1 atom stereocenters. The molecule has 0 aliphatic carbocycles. The van der Waals surface area contributed by atoms with Gasteiger partial charge >= 0.3 is 0 Å². The summed E-state index contributed by atoms with van der Waals surface area (Å²) in [5, 5.41) is 0. The van der Waals surface area contributed by atoms with Gasteiger partial charge < -0.3 is 14.5 Å². The van der Waals surface area contributed by atoms with E-state index >= 15 is 0 Å². The molecule has 4 rings (SSSR count). The minimum Gasteiger partial charge on any atom is -0.474 e. The van der Waals surface area contributed by atoms with E-state index in [-0.39, 0.29) is 36.1 Å². The Kier molecular flexibility index (Phi) is 5.23. The van der Waals surface area contributed by atoms with E-state index < -0.39 is 0 Å². The maximum absolute atomic E-state index is 13.1. The van der Waals surface area contributed by atoms with Gasteiger partial charge in [0.05, 0.1) is 5.92 Å². The third-order valence-corrected chi connectivity index (χ3v) is 5.29. The van der Waals surface area contributed by atoms with Crippen LogP contribution in [-0.2, 0) is 9.59 Å². The standard InChI is InChI=1S/C21H22FN3O3/c22-16-4-6-17(7-5-16)25-14-15(13-20(25)26)21(27)24-11-8-18(9-12-24)28-19-3-1-2-10-23-19/h1-7,10,15,18H,8-9,11-14H2/t15-/m1/s1. The molecule has 2 aliphatic heterocycles. The fraction of sp³-hybridized carbons (Fsp3) is 0.381. The first-order chi connectivity index (χ1) is 13.6. The highest BCUT2D eigenvalue weighted by Gasteiger charge is 2.38. The number of pyridine rings is 1. The minimum absolute atomic E-state index is 0.00856. The van der Waals surface area contributed by atoms with Crippen molar-refractivity contribution < 1.29 is 18.7 Å². The van der Waals surface area contributed by atoms with Crippen LogP contribution in [0.2, 0.25) is 0 Å². The number of amides is 2. The molecule has 7 heteroatoms. The van der Waals surface area contributed by atoms with Crippen molar-refractivity contribution in [2.24, 2.45) is 5.92 Å². The number of nitrogens with zero attached hydrogens (tertiary/aromatic N) is 3. The van der Waals surface area contributed by atoms with E-state index in [2.05, 4.69) is 4.98 Å². The van der Waals surface area contributed by atoms with E-state index in [1.807, 2.05) is 23.1 Å². The number of carbonyl (C=O) groups excluding carboxylic acids is 2. The highest BCUT2D eigenvalue weighted by atomic mass is 19.1. The summed E-state index contributed by atoms with van der Waals surface area (Å²) in [6.45, 7) is 1.56. The van der Waals surface area contributed by atoms with E-state index in [0.717, 1.165) is 12.8 Å². The zero-order valence-electron chi connectivity index (χ0n) is 15.5. The summed E-state index contributed by atoms with van der Waals surface area (Å²) in [5.41, 5.74) is 0.629. The third kappa shape index (κ3) is 3.98. The summed E-state index contributed by atoms with van der Waals surface area (Å²) in [6, 6.07) is 11.3. The Morgan fingerprint density at radius 3 is 2.54 bits per heavy atom. The van der Waals surface area contributed by atoms with Crippen LogP contribution < -0.4 is 9.64 Å². The van der Waals surface area contributed by atoms with Crippen molar-refractivity contribution in [2.75, 3.05) is 24.5 Å². The smallest absolute Gasteiger partial charge is 0.228 e. The second-order valence-corrected chi connectivity index (χ2v) is 7.19. The second kappa shape index (κ2) is 7.96. The van der Waals surface area contributed by atoms with Crippen LogP contribution in [-0.4, -0.2) is 47.4 Å². The van der Waals surface area contributed by atoms with Gasteiger partial charge in [0, 0.05) is 56.8 Å². The number of benzene rings is 1. The molecular weight excluding hydrogens is 361 g/mol. The van der Waals surface area contributed by atoms with Gasteiger partial charge in [-0.1, -0.05) is 6.07 Å². The minimum atomic E-state index is -0.356. The van der Waals surface area contributed by atoms with E-state index in [4.69, 9.17) is 4.74 Å². The van der Waals surface area contributed by atoms with Crippen LogP contribution in [0.4, 0.5) is 10.1 Å². The SMILES string of the molecule is O=C([C@@H]1CC(=O)N(c2ccc(F)cc2)C1)N1CCC(Oc2ccccn2)CC1. The Balaban J connectivity index is 1.32. The Labute approximate surface area is 162 Å². The summed E-state index contributed by atoms with van der Waals surface area (Å²) < 4.78 is 19.0. The van der Waals surface area contributed by atoms with Crippen LogP contribution in [0.25, 0.3) is 0 Å². The molecule has 1 aromatic heterocycles. The molecule has 28 heavy (non-hydrogen) atoms. The van der Waals surface area contributed by atoms with Gasteiger partial charge in [-0.3, -0.25) is 9.59 Å². The van der Waals surface area contributed by atoms with E-state index in [9.17, 15) is 14.0 Å². The number of hydrogen-bond acceptors (Lipinski definition) is 4. The van der Waals surface area contributed by atoms with Crippen molar-refractivity contribution >= 4 is 17.5 Å². The molecule has 2 aliphatic rings. The molecule has 0 bridgehead atoms. The number of carbonyl (C=O) groups is 2. The molecule has 6 nitrogen and oxygen atoms in total. The van der Waals surface area contributed by atoms with Crippen molar-refractivity contribution in [3.8, 4) is 5.88 Å². The second-order valence-electron chi connectivity index (χ2n) is 7.19. The molecule has 2 fully saturated rings. The fourth-order valence-corrected chi connectivity index (χ4v) is 3.78. The number of anilines is 1. The van der Waals surface area contributed by atoms with Gasteiger partial charge in [-0.05, 0) is 30.3 Å². The van der Waals surface area contributed by atoms with Crippen LogP contribution in [0, 0.1) is 11.7 Å². The molecule has 2 aromatic rings. The van der Waals surface area contributed by atoms with E-state index in [1.54, 1.807) is 23.2 Å². The number of hydrogen-bond donors (Lipinski definition) is 0. The van der Waals surface area contributed by atoms with Gasteiger partial charge in [0.2, 0.25) is 17.7 Å². The van der Waals surface area contributed by atoms with Crippen molar-refractivity contribution in [3.05, 3.63) is 54.5 Å². The van der Waals surface area contributed by atoms with Crippen LogP contribution >= 0.6 is 0 Å². The lowest BCUT2D eigenvalue weighted by Crippen LogP contribution is -2.45. The lowest BCUT2D eigenvalue weighted by atomic mass is 10.0. The van der Waals surface area contributed by atoms with Crippen molar-refractivity contribution in [1.29, 1.82) is 0 Å². The normalized spacial score (nSPS) is 20.5. The summed E-state index contributed by atoms with van der Waals surface area (Å²) in [6.07, 6.45) is 3.41. The van der Waals surface area contributed by atoms with Gasteiger partial charge in [-0.2, -0.15) is 0 Å². The molecule has 0 radical (unpaired) electrons. The highest BCUT2D eigenvalue weighted by Crippen LogP contribution is 2.27. The third-order valence-electron chi connectivity index (χ3n) is 5.29. The number of ether oxygens (including phenoxy) is 1. The molecule has 2 saturated heterocycles. The fourth-order valence-electron chi connectivity index (χ4n) is 3.78. The van der Waals surface area contributed by atoms with Gasteiger partial charge in [-0.15, -0.1) is 0 Å². The predicted octanol–water partition coefficient (Wildman–Crippen LogP) is 2.64. The predicted molar refractivity (Wildman–Crippen MR) is 101 cm³/mol. The van der Waals surface area contributed by atoms with Gasteiger partial charge in [-0.25, -0.2) is 9.37 Å². The molecule has 3 heterocycles. The lowest BCUT2D eigenvalue weighted by Gasteiger charge is -2.33. The Hall–Kier alpha value is -2.96. The molecule has 0 saturated carbocycles. The molecule has 2 amide bonds. The van der Waals surface area contributed by atoms with Crippen LogP contribution in [0.1, 0.15) is 19.3 Å². The highest BCUT2D eigenvalue weighted by molar-refractivity contribution is 6.00. The number of rotatable bonds is 4. The van der Waals surface area contributed by atoms with Gasteiger partial charge in [0.25, 0.3) is 0 Å². The average molecular weight is 383 g/mol.